The number of aliphatic hydroxyl groups is 1. The van der Waals surface area contributed by atoms with Gasteiger partial charge in [-0.1, -0.05) is 0 Å². The second-order valence-electron chi connectivity index (χ2n) is 3.75. The number of aliphatic hydroxyl groups excluding tert-OH is 1. The summed E-state index contributed by atoms with van der Waals surface area (Å²) < 4.78 is 5.49. The van der Waals surface area contributed by atoms with E-state index in [1.807, 2.05) is 0 Å². The fourth-order valence-electron chi connectivity index (χ4n) is 0.769. The molecule has 0 aliphatic heterocycles. The first kappa shape index (κ1) is 10.9. The third-order valence-electron chi connectivity index (χ3n) is 1.34. The molecule has 0 spiro atoms. The zero-order valence-electron chi connectivity index (χ0n) is 7.89. The second-order valence-corrected chi connectivity index (χ2v) is 3.75. The molecule has 0 aliphatic rings. The summed E-state index contributed by atoms with van der Waals surface area (Å²) in [4.78, 5) is 0. The Labute approximate surface area is 69.6 Å². The van der Waals surface area contributed by atoms with Gasteiger partial charge >= 0.3 is 0 Å². The molecule has 0 aromatic rings. The lowest BCUT2D eigenvalue weighted by Gasteiger charge is -2.19. The first-order valence-electron chi connectivity index (χ1n) is 4.31. The fraction of sp³-hybridized carbons (Fsp3) is 1.00. The monoisotopic (exact) mass is 160 g/mol. The zero-order chi connectivity index (χ0) is 8.74. The molecular weight excluding hydrogens is 140 g/mol. The fourth-order valence-corrected chi connectivity index (χ4v) is 0.769. The minimum Gasteiger partial charge on any atom is -0.396 e. The lowest BCUT2D eigenvalue weighted by molar-refractivity contribution is -0.00497. The first-order chi connectivity index (χ1) is 5.06. The van der Waals surface area contributed by atoms with Gasteiger partial charge in [0.15, 0.2) is 0 Å². The zero-order valence-corrected chi connectivity index (χ0v) is 7.89. The van der Waals surface area contributed by atoms with Crippen molar-refractivity contribution in [2.24, 2.45) is 0 Å². The van der Waals surface area contributed by atoms with Gasteiger partial charge in [-0.2, -0.15) is 0 Å². The molecule has 0 aliphatic carbocycles. The Hall–Kier alpha value is -0.0800. The van der Waals surface area contributed by atoms with Crippen LogP contribution in [0.4, 0.5) is 0 Å². The maximum absolute atomic E-state index is 8.48. The van der Waals surface area contributed by atoms with Crippen molar-refractivity contribution in [2.45, 2.75) is 45.6 Å². The molecule has 2 heteroatoms. The Morgan fingerprint density at radius 1 is 1.09 bits per heavy atom. The number of hydrogen-bond donors (Lipinski definition) is 1. The maximum atomic E-state index is 8.48. The first-order valence-corrected chi connectivity index (χ1v) is 4.31. The van der Waals surface area contributed by atoms with E-state index in [9.17, 15) is 0 Å². The molecule has 2 nitrogen and oxygen atoms in total. The lowest BCUT2D eigenvalue weighted by atomic mass is 10.2. The van der Waals surface area contributed by atoms with Crippen LogP contribution in [0.5, 0.6) is 0 Å². The highest BCUT2D eigenvalue weighted by atomic mass is 16.5. The molecule has 0 saturated heterocycles. The highest BCUT2D eigenvalue weighted by Crippen LogP contribution is 2.07. The van der Waals surface area contributed by atoms with Gasteiger partial charge in [-0.15, -0.1) is 0 Å². The van der Waals surface area contributed by atoms with Gasteiger partial charge < -0.3 is 9.84 Å². The molecular formula is C9H20O2. The molecule has 0 rings (SSSR count). The predicted molar refractivity (Wildman–Crippen MR) is 46.6 cm³/mol. The predicted octanol–water partition coefficient (Wildman–Crippen LogP) is 1.96. The number of rotatable bonds is 5. The molecule has 0 fully saturated rings. The molecule has 68 valence electrons. The van der Waals surface area contributed by atoms with Crippen LogP contribution in [-0.2, 0) is 4.74 Å². The van der Waals surface area contributed by atoms with Crippen LogP contribution < -0.4 is 0 Å². The van der Waals surface area contributed by atoms with Crippen LogP contribution in [0.25, 0.3) is 0 Å². The second kappa shape index (κ2) is 5.56. The Morgan fingerprint density at radius 3 is 2.18 bits per heavy atom. The largest absolute Gasteiger partial charge is 0.396 e. The van der Waals surface area contributed by atoms with E-state index in [-0.39, 0.29) is 5.60 Å². The summed E-state index contributed by atoms with van der Waals surface area (Å²) in [6, 6.07) is 0. The van der Waals surface area contributed by atoms with Gasteiger partial charge in [-0.05, 0) is 40.0 Å². The van der Waals surface area contributed by atoms with E-state index < -0.39 is 0 Å². The van der Waals surface area contributed by atoms with Gasteiger partial charge in [0.2, 0.25) is 0 Å². The molecule has 0 heterocycles. The van der Waals surface area contributed by atoms with Crippen LogP contribution in [0, 0.1) is 0 Å². The smallest absolute Gasteiger partial charge is 0.0598 e. The summed E-state index contributed by atoms with van der Waals surface area (Å²) in [5.41, 5.74) is -0.0147. The van der Waals surface area contributed by atoms with Crippen molar-refractivity contribution in [1.29, 1.82) is 0 Å². The van der Waals surface area contributed by atoms with Crippen LogP contribution in [0.3, 0.4) is 0 Å². The van der Waals surface area contributed by atoms with E-state index in [2.05, 4.69) is 20.8 Å². The highest BCUT2D eigenvalue weighted by Gasteiger charge is 2.08. The normalized spacial score (nSPS) is 12.0. The minimum absolute atomic E-state index is 0.0147. The van der Waals surface area contributed by atoms with Gasteiger partial charge in [0.05, 0.1) is 5.60 Å². The van der Waals surface area contributed by atoms with Crippen LogP contribution in [0.2, 0.25) is 0 Å². The Kier molecular flexibility index (Phi) is 5.51. The molecule has 0 unspecified atom stereocenters. The summed E-state index contributed by atoms with van der Waals surface area (Å²) in [6.07, 6.45) is 3.01. The van der Waals surface area contributed by atoms with Gasteiger partial charge in [0, 0.05) is 13.2 Å². The molecule has 0 atom stereocenters. The number of ether oxygens (including phenoxy) is 1. The van der Waals surface area contributed by atoms with Crippen molar-refractivity contribution < 1.29 is 9.84 Å². The van der Waals surface area contributed by atoms with Crippen LogP contribution in [0.15, 0.2) is 0 Å². The Morgan fingerprint density at radius 2 is 1.73 bits per heavy atom. The molecule has 11 heavy (non-hydrogen) atoms. The number of hydrogen-bond acceptors (Lipinski definition) is 2. The molecule has 0 saturated carbocycles. The van der Waals surface area contributed by atoms with Crippen molar-refractivity contribution in [3.8, 4) is 0 Å². The molecule has 0 amide bonds. The summed E-state index contributed by atoms with van der Waals surface area (Å²) in [6.45, 7) is 7.27. The maximum Gasteiger partial charge on any atom is 0.0598 e. The van der Waals surface area contributed by atoms with Crippen molar-refractivity contribution in [3.05, 3.63) is 0 Å². The van der Waals surface area contributed by atoms with E-state index in [0.29, 0.717) is 6.61 Å². The SMILES string of the molecule is CC(C)(C)OCCCCCO. The van der Waals surface area contributed by atoms with Gasteiger partial charge in [0.1, 0.15) is 0 Å². The molecule has 1 N–H and O–H groups in total. The average molecular weight is 160 g/mol. The van der Waals surface area contributed by atoms with Gasteiger partial charge in [0.25, 0.3) is 0 Å². The summed E-state index contributed by atoms with van der Waals surface area (Å²) in [5.74, 6) is 0. The van der Waals surface area contributed by atoms with Crippen molar-refractivity contribution >= 4 is 0 Å². The molecule has 0 bridgehead atoms. The van der Waals surface area contributed by atoms with Crippen molar-refractivity contribution in [2.75, 3.05) is 13.2 Å². The number of unbranched alkanes of at least 4 members (excludes halogenated alkanes) is 2. The third-order valence-corrected chi connectivity index (χ3v) is 1.34. The van der Waals surface area contributed by atoms with Gasteiger partial charge in [-0.3, -0.25) is 0 Å². The Bertz CT molecular complexity index is 84.1. The highest BCUT2D eigenvalue weighted by molar-refractivity contribution is 4.58. The van der Waals surface area contributed by atoms with Gasteiger partial charge in [-0.25, -0.2) is 0 Å². The topological polar surface area (TPSA) is 29.5 Å². The summed E-state index contributed by atoms with van der Waals surface area (Å²) in [7, 11) is 0. The van der Waals surface area contributed by atoms with E-state index in [1.54, 1.807) is 0 Å². The van der Waals surface area contributed by atoms with Crippen LogP contribution in [-0.4, -0.2) is 23.9 Å². The molecule has 0 aromatic heterocycles. The summed E-state index contributed by atoms with van der Waals surface area (Å²) >= 11 is 0. The van der Waals surface area contributed by atoms with Crippen molar-refractivity contribution in [3.63, 3.8) is 0 Å². The van der Waals surface area contributed by atoms with E-state index in [4.69, 9.17) is 9.84 Å². The standard InChI is InChI=1S/C9H20O2/c1-9(2,3)11-8-6-4-5-7-10/h10H,4-8H2,1-3H3. The lowest BCUT2D eigenvalue weighted by Crippen LogP contribution is -2.19. The van der Waals surface area contributed by atoms with Crippen LogP contribution in [0.1, 0.15) is 40.0 Å². The quantitative estimate of drug-likeness (QED) is 0.623. The third kappa shape index (κ3) is 9.92. The molecule has 0 radical (unpaired) electrons. The van der Waals surface area contributed by atoms with Crippen molar-refractivity contribution in [1.82, 2.24) is 0 Å². The van der Waals surface area contributed by atoms with Crippen LogP contribution >= 0.6 is 0 Å². The minimum atomic E-state index is -0.0147. The van der Waals surface area contributed by atoms with E-state index in [0.717, 1.165) is 25.9 Å². The van der Waals surface area contributed by atoms with E-state index >= 15 is 0 Å². The summed E-state index contributed by atoms with van der Waals surface area (Å²) in [5, 5.41) is 8.48. The Balaban J connectivity index is 3.02. The van der Waals surface area contributed by atoms with E-state index in [1.165, 1.54) is 0 Å². The molecule has 0 aromatic carbocycles. The average Bonchev–Trinajstić information content (AvgIpc) is 1.85.